The molecule has 0 radical (unpaired) electrons. The van der Waals surface area contributed by atoms with Crippen molar-refractivity contribution in [3.8, 4) is 5.75 Å². The molecule has 0 atom stereocenters. The Kier molecular flexibility index (Phi) is 5.77. The quantitative estimate of drug-likeness (QED) is 0.589. The van der Waals surface area contributed by atoms with Gasteiger partial charge in [0.15, 0.2) is 6.73 Å². The number of esters is 1. The fraction of sp³-hybridized carbons (Fsp3) is 0.263. The minimum absolute atomic E-state index is 0.316. The highest BCUT2D eigenvalue weighted by Crippen LogP contribution is 2.21. The topological polar surface area (TPSA) is 92.5 Å². The summed E-state index contributed by atoms with van der Waals surface area (Å²) in [4.78, 5) is 24.7. The van der Waals surface area contributed by atoms with Crippen LogP contribution in [0.2, 0.25) is 0 Å². The molecule has 1 heterocycles. The standard InChI is InChI=1S/C19H19N3O5/c1-3-26-11-14-10-13(8-9-17(14)25-2)19(24)27-12-22-18(23)15-6-4-5-7-16(15)20-21-22/h4-10H,3,11-12H2,1-2H3. The summed E-state index contributed by atoms with van der Waals surface area (Å²) in [5.41, 5.74) is 1.17. The smallest absolute Gasteiger partial charge is 0.339 e. The minimum Gasteiger partial charge on any atom is -0.496 e. The third-order valence-electron chi connectivity index (χ3n) is 3.93. The van der Waals surface area contributed by atoms with Crippen molar-refractivity contribution in [2.75, 3.05) is 13.7 Å². The van der Waals surface area contributed by atoms with Crippen LogP contribution < -0.4 is 10.3 Å². The number of carbonyl (C=O) groups excluding carboxylic acids is 1. The van der Waals surface area contributed by atoms with E-state index in [0.29, 0.717) is 35.4 Å². The van der Waals surface area contributed by atoms with E-state index in [1.54, 1.807) is 49.6 Å². The Labute approximate surface area is 155 Å². The fourth-order valence-electron chi connectivity index (χ4n) is 2.54. The normalized spacial score (nSPS) is 10.7. The Morgan fingerprint density at radius 1 is 1.19 bits per heavy atom. The number of carbonyl (C=O) groups is 1. The van der Waals surface area contributed by atoms with Gasteiger partial charge in [-0.2, -0.15) is 4.68 Å². The predicted octanol–water partition coefficient (Wildman–Crippen LogP) is 2.15. The third kappa shape index (κ3) is 4.12. The lowest BCUT2D eigenvalue weighted by Crippen LogP contribution is -2.26. The molecule has 0 amide bonds. The van der Waals surface area contributed by atoms with Crippen LogP contribution in [0.4, 0.5) is 0 Å². The molecule has 3 aromatic rings. The number of aromatic nitrogens is 3. The molecule has 0 spiro atoms. The molecule has 0 bridgehead atoms. The maximum absolute atomic E-state index is 12.4. The van der Waals surface area contributed by atoms with Gasteiger partial charge < -0.3 is 14.2 Å². The fourth-order valence-corrected chi connectivity index (χ4v) is 2.54. The van der Waals surface area contributed by atoms with Crippen LogP contribution >= 0.6 is 0 Å². The van der Waals surface area contributed by atoms with Crippen LogP contribution in [0.15, 0.2) is 47.3 Å². The first-order valence-electron chi connectivity index (χ1n) is 8.38. The van der Waals surface area contributed by atoms with Gasteiger partial charge in [-0.05, 0) is 37.3 Å². The third-order valence-corrected chi connectivity index (χ3v) is 3.93. The van der Waals surface area contributed by atoms with E-state index in [9.17, 15) is 9.59 Å². The largest absolute Gasteiger partial charge is 0.496 e. The number of fused-ring (bicyclic) bond motifs is 1. The van der Waals surface area contributed by atoms with Crippen LogP contribution in [-0.4, -0.2) is 34.7 Å². The van der Waals surface area contributed by atoms with Gasteiger partial charge in [0.2, 0.25) is 0 Å². The molecule has 0 saturated heterocycles. The van der Waals surface area contributed by atoms with E-state index in [2.05, 4.69) is 10.3 Å². The molecule has 27 heavy (non-hydrogen) atoms. The second-order valence-electron chi connectivity index (χ2n) is 5.64. The Morgan fingerprint density at radius 3 is 2.78 bits per heavy atom. The molecule has 8 heteroatoms. The molecule has 1 aromatic heterocycles. The highest BCUT2D eigenvalue weighted by Gasteiger charge is 2.13. The SMILES string of the molecule is CCOCc1cc(C(=O)OCn2nnc3ccccc3c2=O)ccc1OC. The van der Waals surface area contributed by atoms with Crippen molar-refractivity contribution < 1.29 is 19.0 Å². The van der Waals surface area contributed by atoms with Gasteiger partial charge in [0, 0.05) is 12.2 Å². The van der Waals surface area contributed by atoms with Gasteiger partial charge in [-0.25, -0.2) is 4.79 Å². The number of methoxy groups -OCH3 is 1. The van der Waals surface area contributed by atoms with E-state index in [1.165, 1.54) is 0 Å². The predicted molar refractivity (Wildman–Crippen MR) is 97.5 cm³/mol. The molecular formula is C19H19N3O5. The summed E-state index contributed by atoms with van der Waals surface area (Å²) in [5.74, 6) is 0.0360. The van der Waals surface area contributed by atoms with Crippen molar-refractivity contribution >= 4 is 16.9 Å². The van der Waals surface area contributed by atoms with Crippen molar-refractivity contribution in [1.82, 2.24) is 15.0 Å². The van der Waals surface area contributed by atoms with E-state index in [-0.39, 0.29) is 12.3 Å². The van der Waals surface area contributed by atoms with Gasteiger partial charge >= 0.3 is 5.97 Å². The van der Waals surface area contributed by atoms with Gasteiger partial charge in [0.25, 0.3) is 5.56 Å². The highest BCUT2D eigenvalue weighted by atomic mass is 16.5. The zero-order valence-corrected chi connectivity index (χ0v) is 15.0. The zero-order valence-electron chi connectivity index (χ0n) is 15.0. The molecule has 0 aliphatic rings. The average Bonchev–Trinajstić information content (AvgIpc) is 2.71. The molecule has 0 fully saturated rings. The molecule has 8 nitrogen and oxygen atoms in total. The molecule has 2 aromatic carbocycles. The van der Waals surface area contributed by atoms with E-state index in [1.807, 2.05) is 6.92 Å². The number of rotatable bonds is 7. The van der Waals surface area contributed by atoms with E-state index >= 15 is 0 Å². The summed E-state index contributed by atoms with van der Waals surface area (Å²) in [6.45, 7) is 2.41. The number of ether oxygens (including phenoxy) is 3. The van der Waals surface area contributed by atoms with Crippen LogP contribution in [0.25, 0.3) is 10.9 Å². The lowest BCUT2D eigenvalue weighted by Gasteiger charge is -2.11. The second-order valence-corrected chi connectivity index (χ2v) is 5.64. The molecule has 0 aliphatic carbocycles. The Bertz CT molecular complexity index is 1020. The van der Waals surface area contributed by atoms with Gasteiger partial charge in [-0.3, -0.25) is 4.79 Å². The first-order valence-corrected chi connectivity index (χ1v) is 8.38. The van der Waals surface area contributed by atoms with Crippen molar-refractivity contribution in [2.45, 2.75) is 20.3 Å². The lowest BCUT2D eigenvalue weighted by molar-refractivity contribution is 0.0335. The van der Waals surface area contributed by atoms with E-state index in [4.69, 9.17) is 14.2 Å². The van der Waals surface area contributed by atoms with Crippen molar-refractivity contribution in [3.63, 3.8) is 0 Å². The van der Waals surface area contributed by atoms with Crippen LogP contribution in [0.5, 0.6) is 5.75 Å². The summed E-state index contributed by atoms with van der Waals surface area (Å²) in [5, 5.41) is 8.16. The average molecular weight is 369 g/mol. The molecule has 0 unspecified atom stereocenters. The van der Waals surface area contributed by atoms with Crippen LogP contribution in [-0.2, 0) is 22.8 Å². The van der Waals surface area contributed by atoms with Gasteiger partial charge in [0.1, 0.15) is 11.3 Å². The van der Waals surface area contributed by atoms with Gasteiger partial charge in [-0.15, -0.1) is 5.10 Å². The van der Waals surface area contributed by atoms with Crippen LogP contribution in [0.3, 0.4) is 0 Å². The van der Waals surface area contributed by atoms with Crippen molar-refractivity contribution in [1.29, 1.82) is 0 Å². The number of nitrogens with zero attached hydrogens (tertiary/aromatic N) is 3. The number of hydrogen-bond donors (Lipinski definition) is 0. The summed E-state index contributed by atoms with van der Waals surface area (Å²) < 4.78 is 16.9. The summed E-state index contributed by atoms with van der Waals surface area (Å²) in [6.07, 6.45) is 0. The van der Waals surface area contributed by atoms with Crippen molar-refractivity contribution in [2.24, 2.45) is 0 Å². The molecular weight excluding hydrogens is 350 g/mol. The molecule has 140 valence electrons. The van der Waals surface area contributed by atoms with Gasteiger partial charge in [0.05, 0.1) is 24.7 Å². The summed E-state index contributed by atoms with van der Waals surface area (Å²) in [6, 6.07) is 11.7. The molecule has 0 N–H and O–H groups in total. The molecule has 0 saturated carbocycles. The summed E-state index contributed by atoms with van der Waals surface area (Å²) >= 11 is 0. The first kappa shape index (κ1) is 18.5. The number of hydrogen-bond acceptors (Lipinski definition) is 7. The highest BCUT2D eigenvalue weighted by molar-refractivity contribution is 5.89. The lowest BCUT2D eigenvalue weighted by atomic mass is 10.1. The molecule has 3 rings (SSSR count). The Hall–Kier alpha value is -3.26. The monoisotopic (exact) mass is 369 g/mol. The Balaban J connectivity index is 1.76. The molecule has 0 aliphatic heterocycles. The second kappa shape index (κ2) is 8.41. The van der Waals surface area contributed by atoms with E-state index in [0.717, 1.165) is 10.2 Å². The van der Waals surface area contributed by atoms with Crippen LogP contribution in [0.1, 0.15) is 22.8 Å². The van der Waals surface area contributed by atoms with Crippen LogP contribution in [0, 0.1) is 0 Å². The maximum Gasteiger partial charge on any atom is 0.339 e. The summed E-state index contributed by atoms with van der Waals surface area (Å²) in [7, 11) is 1.55. The van der Waals surface area contributed by atoms with Crippen molar-refractivity contribution in [3.05, 3.63) is 63.9 Å². The van der Waals surface area contributed by atoms with E-state index < -0.39 is 5.97 Å². The maximum atomic E-state index is 12.4. The zero-order chi connectivity index (χ0) is 19.2. The Morgan fingerprint density at radius 2 is 2.00 bits per heavy atom. The van der Waals surface area contributed by atoms with Gasteiger partial charge in [-0.1, -0.05) is 17.3 Å². The number of benzene rings is 2. The first-order chi connectivity index (χ1) is 13.1. The minimum atomic E-state index is -0.586.